The molecular weight excluding hydrogens is 452 g/mol. The second kappa shape index (κ2) is 6.28. The van der Waals surface area contributed by atoms with E-state index >= 15 is 0 Å². The number of hydrogen-bond donors (Lipinski definition) is 2. The zero-order valence-electron chi connectivity index (χ0n) is 10.5. The minimum atomic E-state index is -0.190. The van der Waals surface area contributed by atoms with Crippen LogP contribution in [0.2, 0.25) is 0 Å². The van der Waals surface area contributed by atoms with Crippen LogP contribution in [0.4, 0.5) is 11.4 Å². The molecule has 2 rings (SSSR count). The van der Waals surface area contributed by atoms with E-state index in [1.807, 2.05) is 25.1 Å². The van der Waals surface area contributed by atoms with Crippen molar-refractivity contribution in [2.75, 3.05) is 11.1 Å². The van der Waals surface area contributed by atoms with Gasteiger partial charge in [0.25, 0.3) is 5.91 Å². The molecule has 3 N–H and O–H groups in total. The lowest BCUT2D eigenvalue weighted by atomic mass is 10.1. The number of nitrogens with one attached hydrogen (secondary N) is 1. The number of carbonyl (C=O) groups excluding carboxylic acids is 1. The molecule has 0 bridgehead atoms. The van der Waals surface area contributed by atoms with Crippen molar-refractivity contribution in [1.82, 2.24) is 0 Å². The van der Waals surface area contributed by atoms with Crippen LogP contribution in [-0.2, 0) is 0 Å². The van der Waals surface area contributed by atoms with Crippen LogP contribution in [0.3, 0.4) is 0 Å². The van der Waals surface area contributed by atoms with Gasteiger partial charge in [-0.3, -0.25) is 4.79 Å². The molecule has 0 heterocycles. The van der Waals surface area contributed by atoms with E-state index < -0.39 is 0 Å². The number of benzene rings is 2. The molecule has 0 atom stereocenters. The van der Waals surface area contributed by atoms with Crippen LogP contribution in [0.15, 0.2) is 43.7 Å². The van der Waals surface area contributed by atoms with Gasteiger partial charge < -0.3 is 11.1 Å². The highest BCUT2D eigenvalue weighted by molar-refractivity contribution is 9.11. The predicted molar refractivity (Wildman–Crippen MR) is 93.1 cm³/mol. The Kier molecular flexibility index (Phi) is 4.88. The molecule has 2 aromatic rings. The van der Waals surface area contributed by atoms with Crippen LogP contribution in [0.5, 0.6) is 0 Å². The third-order valence-corrected chi connectivity index (χ3v) is 4.33. The Bertz CT molecular complexity index is 663. The Morgan fingerprint density at radius 3 is 2.40 bits per heavy atom. The van der Waals surface area contributed by atoms with E-state index in [9.17, 15) is 4.79 Å². The quantitative estimate of drug-likeness (QED) is 0.609. The summed E-state index contributed by atoms with van der Waals surface area (Å²) >= 11 is 10.1. The summed E-state index contributed by atoms with van der Waals surface area (Å²) in [6.07, 6.45) is 0. The number of halogens is 3. The summed E-state index contributed by atoms with van der Waals surface area (Å²) in [4.78, 5) is 12.3. The van der Waals surface area contributed by atoms with Crippen molar-refractivity contribution in [2.45, 2.75) is 6.92 Å². The van der Waals surface area contributed by atoms with Gasteiger partial charge in [0.1, 0.15) is 0 Å². The molecule has 104 valence electrons. The van der Waals surface area contributed by atoms with Crippen molar-refractivity contribution in [1.29, 1.82) is 0 Å². The lowest BCUT2D eigenvalue weighted by Crippen LogP contribution is -2.15. The van der Waals surface area contributed by atoms with Gasteiger partial charge >= 0.3 is 0 Å². The third kappa shape index (κ3) is 3.42. The summed E-state index contributed by atoms with van der Waals surface area (Å²) in [6, 6.07) is 9.09. The van der Waals surface area contributed by atoms with E-state index in [0.717, 1.165) is 19.0 Å². The molecule has 3 nitrogen and oxygen atoms in total. The first-order chi connectivity index (χ1) is 9.38. The first-order valence-electron chi connectivity index (χ1n) is 5.70. The van der Waals surface area contributed by atoms with Gasteiger partial charge in [0.05, 0.1) is 11.4 Å². The SMILES string of the molecule is Cc1cc(Br)ccc1C(=O)Nc1c(N)cc(Br)cc1Br. The fourth-order valence-electron chi connectivity index (χ4n) is 1.79. The number of aryl methyl sites for hydroxylation is 1. The van der Waals surface area contributed by atoms with Crippen molar-refractivity contribution < 1.29 is 4.79 Å². The lowest BCUT2D eigenvalue weighted by Gasteiger charge is -2.12. The minimum Gasteiger partial charge on any atom is -0.397 e. The van der Waals surface area contributed by atoms with Crippen molar-refractivity contribution in [3.8, 4) is 0 Å². The van der Waals surface area contributed by atoms with E-state index in [1.54, 1.807) is 12.1 Å². The van der Waals surface area contributed by atoms with Crippen LogP contribution in [0.25, 0.3) is 0 Å². The molecule has 20 heavy (non-hydrogen) atoms. The molecule has 0 unspecified atom stereocenters. The Morgan fingerprint density at radius 1 is 1.10 bits per heavy atom. The average Bonchev–Trinajstić information content (AvgIpc) is 2.33. The largest absolute Gasteiger partial charge is 0.397 e. The summed E-state index contributed by atoms with van der Waals surface area (Å²) in [6.45, 7) is 1.89. The maximum atomic E-state index is 12.3. The number of rotatable bonds is 2. The van der Waals surface area contributed by atoms with Gasteiger partial charge in [-0.2, -0.15) is 0 Å². The monoisotopic (exact) mass is 460 g/mol. The second-order valence-corrected chi connectivity index (χ2v) is 6.95. The molecule has 0 aromatic heterocycles. The van der Waals surface area contributed by atoms with Gasteiger partial charge in [-0.15, -0.1) is 0 Å². The molecule has 0 saturated heterocycles. The zero-order valence-corrected chi connectivity index (χ0v) is 15.3. The molecule has 0 saturated carbocycles. The molecule has 0 spiro atoms. The number of nitrogens with two attached hydrogens (primary N) is 1. The van der Waals surface area contributed by atoms with E-state index in [2.05, 4.69) is 53.1 Å². The highest BCUT2D eigenvalue weighted by Crippen LogP contribution is 2.33. The third-order valence-electron chi connectivity index (χ3n) is 2.76. The van der Waals surface area contributed by atoms with Gasteiger partial charge in [0.15, 0.2) is 0 Å². The lowest BCUT2D eigenvalue weighted by molar-refractivity contribution is 0.102. The van der Waals surface area contributed by atoms with Crippen LogP contribution in [-0.4, -0.2) is 5.91 Å². The maximum Gasteiger partial charge on any atom is 0.256 e. The standard InChI is InChI=1S/C14H11Br3N2O/c1-7-4-8(15)2-3-10(7)14(20)19-13-11(17)5-9(16)6-12(13)18/h2-6H,18H2,1H3,(H,19,20). The summed E-state index contributed by atoms with van der Waals surface area (Å²) in [7, 11) is 0. The van der Waals surface area contributed by atoms with Gasteiger partial charge in [0.2, 0.25) is 0 Å². The van der Waals surface area contributed by atoms with Crippen molar-refractivity contribution in [2.24, 2.45) is 0 Å². The van der Waals surface area contributed by atoms with Crippen molar-refractivity contribution in [3.63, 3.8) is 0 Å². The summed E-state index contributed by atoms with van der Waals surface area (Å²) in [5.74, 6) is -0.190. The Labute approximate surface area is 142 Å². The van der Waals surface area contributed by atoms with Crippen molar-refractivity contribution >= 4 is 65.1 Å². The zero-order chi connectivity index (χ0) is 14.9. The Balaban J connectivity index is 2.33. The normalized spacial score (nSPS) is 10.4. The molecule has 0 fully saturated rings. The van der Waals surface area contributed by atoms with Gasteiger partial charge in [-0.05, 0) is 58.7 Å². The van der Waals surface area contributed by atoms with E-state index in [-0.39, 0.29) is 5.91 Å². The van der Waals surface area contributed by atoms with Gasteiger partial charge in [-0.1, -0.05) is 31.9 Å². The predicted octanol–water partition coefficient (Wildman–Crippen LogP) is 5.12. The second-order valence-electron chi connectivity index (χ2n) is 4.27. The fourth-order valence-corrected chi connectivity index (χ4v) is 3.62. The summed E-state index contributed by atoms with van der Waals surface area (Å²) in [5.41, 5.74) is 8.50. The molecule has 2 aromatic carbocycles. The molecule has 0 aliphatic carbocycles. The fraction of sp³-hybridized carbons (Fsp3) is 0.0714. The van der Waals surface area contributed by atoms with Crippen LogP contribution in [0.1, 0.15) is 15.9 Å². The number of hydrogen-bond acceptors (Lipinski definition) is 2. The first-order valence-corrected chi connectivity index (χ1v) is 8.08. The number of carbonyl (C=O) groups is 1. The molecule has 0 aliphatic rings. The smallest absolute Gasteiger partial charge is 0.256 e. The van der Waals surface area contributed by atoms with Crippen LogP contribution < -0.4 is 11.1 Å². The molecular formula is C14H11Br3N2O. The topological polar surface area (TPSA) is 55.1 Å². The molecule has 0 aliphatic heterocycles. The Morgan fingerprint density at radius 2 is 1.80 bits per heavy atom. The molecule has 6 heteroatoms. The van der Waals surface area contributed by atoms with E-state index in [0.29, 0.717) is 16.9 Å². The number of amides is 1. The molecule has 0 radical (unpaired) electrons. The highest BCUT2D eigenvalue weighted by atomic mass is 79.9. The summed E-state index contributed by atoms with van der Waals surface area (Å²) in [5, 5.41) is 2.84. The van der Waals surface area contributed by atoms with Gasteiger partial charge in [0, 0.05) is 19.0 Å². The van der Waals surface area contributed by atoms with Crippen LogP contribution >= 0.6 is 47.8 Å². The number of nitrogen functional groups attached to an aromatic ring is 1. The van der Waals surface area contributed by atoms with Crippen molar-refractivity contribution in [3.05, 3.63) is 54.9 Å². The maximum absolute atomic E-state index is 12.3. The molecule has 1 amide bonds. The Hall–Kier alpha value is -0.850. The van der Waals surface area contributed by atoms with Gasteiger partial charge in [-0.25, -0.2) is 0 Å². The highest BCUT2D eigenvalue weighted by Gasteiger charge is 2.13. The van der Waals surface area contributed by atoms with E-state index in [4.69, 9.17) is 5.73 Å². The number of anilines is 2. The first kappa shape index (κ1) is 15.5. The van der Waals surface area contributed by atoms with Crippen LogP contribution in [0, 0.1) is 6.92 Å². The summed E-state index contributed by atoms with van der Waals surface area (Å²) < 4.78 is 2.52. The van der Waals surface area contributed by atoms with E-state index in [1.165, 1.54) is 0 Å². The minimum absolute atomic E-state index is 0.190. The average molecular weight is 463 g/mol.